The Morgan fingerprint density at radius 2 is 1.61 bits per heavy atom. The monoisotopic (exact) mass is 246 g/mol. The molecule has 0 spiro atoms. The van der Waals surface area contributed by atoms with E-state index in [0.717, 1.165) is 0 Å². The van der Waals surface area contributed by atoms with Crippen LogP contribution in [0.3, 0.4) is 0 Å². The number of benzene rings is 1. The van der Waals surface area contributed by atoms with Gasteiger partial charge in [0, 0.05) is 6.07 Å². The van der Waals surface area contributed by atoms with Crippen molar-refractivity contribution in [2.75, 3.05) is 14.2 Å². The minimum Gasteiger partial charge on any atom is -0.495 e. The van der Waals surface area contributed by atoms with E-state index in [2.05, 4.69) is 0 Å². The number of furan rings is 1. The van der Waals surface area contributed by atoms with Gasteiger partial charge in [0.2, 0.25) is 5.75 Å². The fourth-order valence-corrected chi connectivity index (χ4v) is 2.10. The van der Waals surface area contributed by atoms with Gasteiger partial charge in [-0.1, -0.05) is 0 Å². The summed E-state index contributed by atoms with van der Waals surface area (Å²) >= 11 is 0. The number of hydrogen-bond acceptors (Lipinski definition) is 5. The Bertz CT molecular complexity index is 781. The highest BCUT2D eigenvalue weighted by molar-refractivity contribution is 6.06. The Morgan fingerprint density at radius 3 is 2.33 bits per heavy atom. The van der Waals surface area contributed by atoms with Gasteiger partial charge >= 0.3 is 0 Å². The second kappa shape index (κ2) is 3.80. The van der Waals surface area contributed by atoms with E-state index in [1.165, 1.54) is 32.8 Å². The lowest BCUT2D eigenvalue weighted by atomic mass is 10.1. The highest BCUT2D eigenvalue weighted by atomic mass is 16.5. The summed E-state index contributed by atoms with van der Waals surface area (Å²) in [5.74, 6) is 0.826. The van der Waals surface area contributed by atoms with Gasteiger partial charge in [-0.2, -0.15) is 0 Å². The predicted molar refractivity (Wildman–Crippen MR) is 65.4 cm³/mol. The van der Waals surface area contributed by atoms with Crippen molar-refractivity contribution in [3.63, 3.8) is 0 Å². The van der Waals surface area contributed by atoms with Gasteiger partial charge in [0.25, 0.3) is 0 Å². The third-order valence-electron chi connectivity index (χ3n) is 2.84. The molecule has 0 radical (unpaired) electrons. The molecule has 0 fully saturated rings. The molecule has 0 atom stereocenters. The minimum atomic E-state index is -0.186. The normalized spacial score (nSPS) is 11.0. The van der Waals surface area contributed by atoms with Gasteiger partial charge < -0.3 is 18.3 Å². The Morgan fingerprint density at radius 1 is 0.944 bits per heavy atom. The number of ether oxygens (including phenoxy) is 2. The molecule has 5 nitrogen and oxygen atoms in total. The van der Waals surface area contributed by atoms with E-state index in [0.29, 0.717) is 33.4 Å². The van der Waals surface area contributed by atoms with Crippen molar-refractivity contribution in [1.82, 2.24) is 0 Å². The van der Waals surface area contributed by atoms with Gasteiger partial charge in [0.05, 0.1) is 32.1 Å². The lowest BCUT2D eigenvalue weighted by molar-refractivity contribution is 0.400. The molecule has 3 rings (SSSR count). The van der Waals surface area contributed by atoms with E-state index < -0.39 is 0 Å². The van der Waals surface area contributed by atoms with Crippen molar-refractivity contribution < 1.29 is 18.3 Å². The summed E-state index contributed by atoms with van der Waals surface area (Å²) in [5.41, 5.74) is 0.634. The first kappa shape index (κ1) is 10.7. The maximum Gasteiger partial charge on any atom is 0.206 e. The van der Waals surface area contributed by atoms with Crippen molar-refractivity contribution >= 4 is 21.9 Å². The SMILES string of the molecule is COc1c2occc2c(OC)c2c(=O)ccoc12. The van der Waals surface area contributed by atoms with E-state index >= 15 is 0 Å². The molecule has 3 aromatic rings. The van der Waals surface area contributed by atoms with Crippen LogP contribution in [0.2, 0.25) is 0 Å². The first-order valence-electron chi connectivity index (χ1n) is 5.30. The van der Waals surface area contributed by atoms with Gasteiger partial charge in [-0.3, -0.25) is 4.79 Å². The fourth-order valence-electron chi connectivity index (χ4n) is 2.10. The third-order valence-corrected chi connectivity index (χ3v) is 2.84. The highest BCUT2D eigenvalue weighted by Crippen LogP contribution is 2.41. The molecule has 1 aromatic carbocycles. The van der Waals surface area contributed by atoms with Crippen LogP contribution in [0, 0.1) is 0 Å². The molecule has 0 amide bonds. The summed E-state index contributed by atoms with van der Waals surface area (Å²) in [4.78, 5) is 12.0. The lowest BCUT2D eigenvalue weighted by Crippen LogP contribution is -2.02. The zero-order valence-electron chi connectivity index (χ0n) is 9.85. The summed E-state index contributed by atoms with van der Waals surface area (Å²) < 4.78 is 21.3. The van der Waals surface area contributed by atoms with Crippen molar-refractivity contribution in [1.29, 1.82) is 0 Å². The maximum atomic E-state index is 12.0. The van der Waals surface area contributed by atoms with Crippen molar-refractivity contribution in [3.8, 4) is 11.5 Å². The first-order chi connectivity index (χ1) is 8.77. The maximum absolute atomic E-state index is 12.0. The largest absolute Gasteiger partial charge is 0.495 e. The molecule has 0 bridgehead atoms. The van der Waals surface area contributed by atoms with Crippen LogP contribution < -0.4 is 14.9 Å². The zero-order chi connectivity index (χ0) is 12.7. The molecule has 92 valence electrons. The molecule has 18 heavy (non-hydrogen) atoms. The summed E-state index contributed by atoms with van der Waals surface area (Å²) in [5, 5.41) is 1.03. The van der Waals surface area contributed by atoms with E-state index in [1.54, 1.807) is 6.07 Å². The average molecular weight is 246 g/mol. The molecule has 0 aliphatic carbocycles. The molecule has 0 saturated heterocycles. The molecule has 0 aliphatic rings. The van der Waals surface area contributed by atoms with E-state index in [9.17, 15) is 4.79 Å². The van der Waals surface area contributed by atoms with Crippen molar-refractivity contribution in [2.45, 2.75) is 0 Å². The van der Waals surface area contributed by atoms with Crippen LogP contribution in [0.4, 0.5) is 0 Å². The average Bonchev–Trinajstić information content (AvgIpc) is 2.85. The van der Waals surface area contributed by atoms with Gasteiger partial charge in [0.15, 0.2) is 16.6 Å². The van der Waals surface area contributed by atoms with Gasteiger partial charge in [-0.05, 0) is 6.07 Å². The van der Waals surface area contributed by atoms with E-state index in [-0.39, 0.29) is 5.43 Å². The molecule has 5 heteroatoms. The fraction of sp³-hybridized carbons (Fsp3) is 0.154. The van der Waals surface area contributed by atoms with Gasteiger partial charge in [0.1, 0.15) is 11.1 Å². The molecule has 0 unspecified atom stereocenters. The quantitative estimate of drug-likeness (QED) is 0.695. The second-order valence-corrected chi connectivity index (χ2v) is 3.72. The Labute approximate surface area is 102 Å². The Hall–Kier alpha value is -2.43. The summed E-state index contributed by atoms with van der Waals surface area (Å²) in [6, 6.07) is 3.07. The third kappa shape index (κ3) is 1.24. The van der Waals surface area contributed by atoms with Crippen molar-refractivity contribution in [3.05, 3.63) is 34.9 Å². The van der Waals surface area contributed by atoms with Crippen LogP contribution in [0.25, 0.3) is 21.9 Å². The molecular formula is C13H10O5. The molecule has 0 aliphatic heterocycles. The summed E-state index contributed by atoms with van der Waals surface area (Å²) in [6.45, 7) is 0. The molecule has 0 N–H and O–H groups in total. The minimum absolute atomic E-state index is 0.186. The van der Waals surface area contributed by atoms with Crippen LogP contribution in [-0.2, 0) is 0 Å². The Balaban J connectivity index is 2.68. The molecule has 2 heterocycles. The van der Waals surface area contributed by atoms with Gasteiger partial charge in [-0.15, -0.1) is 0 Å². The van der Waals surface area contributed by atoms with Crippen LogP contribution in [0.15, 0.2) is 38.3 Å². The molecule has 0 saturated carbocycles. The number of rotatable bonds is 2. The molecule has 2 aromatic heterocycles. The summed E-state index contributed by atoms with van der Waals surface area (Å²) in [6.07, 6.45) is 2.83. The predicted octanol–water partition coefficient (Wildman–Crippen LogP) is 2.56. The number of methoxy groups -OCH3 is 2. The van der Waals surface area contributed by atoms with E-state index in [1.807, 2.05) is 0 Å². The standard InChI is InChI=1S/C13H10O5/c1-15-10-7-3-5-17-11(7)13(16-2)12-9(10)8(14)4-6-18-12/h3-6H,1-2H3. The summed E-state index contributed by atoms with van der Waals surface area (Å²) in [7, 11) is 3.00. The smallest absolute Gasteiger partial charge is 0.206 e. The Kier molecular flexibility index (Phi) is 2.26. The highest BCUT2D eigenvalue weighted by Gasteiger charge is 2.21. The van der Waals surface area contributed by atoms with Crippen LogP contribution in [-0.4, -0.2) is 14.2 Å². The number of fused-ring (bicyclic) bond motifs is 2. The molecular weight excluding hydrogens is 236 g/mol. The van der Waals surface area contributed by atoms with E-state index in [4.69, 9.17) is 18.3 Å². The zero-order valence-corrected chi connectivity index (χ0v) is 9.85. The van der Waals surface area contributed by atoms with Gasteiger partial charge in [-0.25, -0.2) is 0 Å². The van der Waals surface area contributed by atoms with Crippen LogP contribution in [0.5, 0.6) is 11.5 Å². The van der Waals surface area contributed by atoms with Crippen LogP contribution >= 0.6 is 0 Å². The van der Waals surface area contributed by atoms with Crippen molar-refractivity contribution in [2.24, 2.45) is 0 Å². The lowest BCUT2D eigenvalue weighted by Gasteiger charge is -2.09. The first-order valence-corrected chi connectivity index (χ1v) is 5.30. The van der Waals surface area contributed by atoms with Crippen LogP contribution in [0.1, 0.15) is 0 Å². The number of hydrogen-bond donors (Lipinski definition) is 0. The second-order valence-electron chi connectivity index (χ2n) is 3.72. The topological polar surface area (TPSA) is 61.8 Å².